The molecule has 1 heterocycles. The van der Waals surface area contributed by atoms with Crippen LogP contribution in [0.4, 0.5) is 4.39 Å². The van der Waals surface area contributed by atoms with E-state index in [1.165, 1.54) is 30.9 Å². The molecule has 0 saturated heterocycles. The second-order valence-corrected chi connectivity index (χ2v) is 4.65. The SMILES string of the molecule is CCCCC(CC)c1c[nH]c2c(F)cccc12. The van der Waals surface area contributed by atoms with Gasteiger partial charge < -0.3 is 4.98 Å². The summed E-state index contributed by atoms with van der Waals surface area (Å²) in [5.41, 5.74) is 1.92. The van der Waals surface area contributed by atoms with Gasteiger partial charge >= 0.3 is 0 Å². The van der Waals surface area contributed by atoms with Crippen LogP contribution in [0.5, 0.6) is 0 Å². The molecule has 0 fully saturated rings. The van der Waals surface area contributed by atoms with Gasteiger partial charge in [0.05, 0.1) is 5.52 Å². The number of halogens is 1. The fourth-order valence-corrected chi connectivity index (χ4v) is 2.51. The highest BCUT2D eigenvalue weighted by atomic mass is 19.1. The van der Waals surface area contributed by atoms with Crippen molar-refractivity contribution in [3.63, 3.8) is 0 Å². The molecule has 1 nitrogen and oxygen atoms in total. The molecule has 1 atom stereocenters. The Kier molecular flexibility index (Phi) is 3.82. The lowest BCUT2D eigenvalue weighted by Gasteiger charge is -2.13. The van der Waals surface area contributed by atoms with Gasteiger partial charge in [0.25, 0.3) is 0 Å². The van der Waals surface area contributed by atoms with Crippen molar-refractivity contribution in [2.75, 3.05) is 0 Å². The van der Waals surface area contributed by atoms with Crippen LogP contribution in [0.3, 0.4) is 0 Å². The molecular formula is C15H20FN. The molecule has 0 spiro atoms. The van der Waals surface area contributed by atoms with E-state index in [1.54, 1.807) is 6.07 Å². The summed E-state index contributed by atoms with van der Waals surface area (Å²) in [7, 11) is 0. The van der Waals surface area contributed by atoms with Crippen LogP contribution in [-0.2, 0) is 0 Å². The van der Waals surface area contributed by atoms with E-state index in [4.69, 9.17) is 0 Å². The third-order valence-electron chi connectivity index (χ3n) is 3.54. The van der Waals surface area contributed by atoms with Crippen molar-refractivity contribution in [3.8, 4) is 0 Å². The molecule has 92 valence electrons. The van der Waals surface area contributed by atoms with Crippen LogP contribution in [-0.4, -0.2) is 4.98 Å². The first kappa shape index (κ1) is 12.2. The topological polar surface area (TPSA) is 15.8 Å². The number of aromatic amines is 1. The zero-order valence-corrected chi connectivity index (χ0v) is 10.6. The van der Waals surface area contributed by atoms with E-state index in [0.717, 1.165) is 11.8 Å². The predicted octanol–water partition coefficient (Wildman–Crippen LogP) is 4.99. The number of fused-ring (bicyclic) bond motifs is 1. The first-order valence-corrected chi connectivity index (χ1v) is 6.53. The fourth-order valence-electron chi connectivity index (χ4n) is 2.51. The van der Waals surface area contributed by atoms with Crippen LogP contribution >= 0.6 is 0 Å². The number of nitrogens with one attached hydrogen (secondary N) is 1. The number of aromatic nitrogens is 1. The first-order valence-electron chi connectivity index (χ1n) is 6.53. The Morgan fingerprint density at radius 3 is 2.82 bits per heavy atom. The van der Waals surface area contributed by atoms with Crippen molar-refractivity contribution in [1.29, 1.82) is 0 Å². The van der Waals surface area contributed by atoms with Gasteiger partial charge in [-0.15, -0.1) is 0 Å². The van der Waals surface area contributed by atoms with Gasteiger partial charge in [-0.1, -0.05) is 38.8 Å². The van der Waals surface area contributed by atoms with Crippen molar-refractivity contribution >= 4 is 10.9 Å². The first-order chi connectivity index (χ1) is 8.27. The van der Waals surface area contributed by atoms with Crippen molar-refractivity contribution in [2.45, 2.75) is 45.4 Å². The third-order valence-corrected chi connectivity index (χ3v) is 3.54. The molecule has 2 rings (SSSR count). The molecule has 1 unspecified atom stereocenters. The van der Waals surface area contributed by atoms with E-state index < -0.39 is 0 Å². The normalized spacial score (nSPS) is 13.1. The third kappa shape index (κ3) is 2.36. The van der Waals surface area contributed by atoms with Crippen LogP contribution in [0.1, 0.15) is 51.0 Å². The largest absolute Gasteiger partial charge is 0.359 e. The van der Waals surface area contributed by atoms with E-state index >= 15 is 0 Å². The van der Waals surface area contributed by atoms with Gasteiger partial charge in [0.2, 0.25) is 0 Å². The van der Waals surface area contributed by atoms with E-state index in [-0.39, 0.29) is 5.82 Å². The second-order valence-electron chi connectivity index (χ2n) is 4.65. The van der Waals surface area contributed by atoms with Gasteiger partial charge in [-0.3, -0.25) is 0 Å². The van der Waals surface area contributed by atoms with Crippen molar-refractivity contribution in [3.05, 3.63) is 35.8 Å². The Labute approximate surface area is 102 Å². The highest BCUT2D eigenvalue weighted by Crippen LogP contribution is 2.32. The second kappa shape index (κ2) is 5.35. The summed E-state index contributed by atoms with van der Waals surface area (Å²) in [6, 6.07) is 5.32. The van der Waals surface area contributed by atoms with Crippen molar-refractivity contribution in [2.24, 2.45) is 0 Å². The lowest BCUT2D eigenvalue weighted by atomic mass is 9.91. The summed E-state index contributed by atoms with van der Waals surface area (Å²) in [4.78, 5) is 3.07. The molecule has 1 aromatic heterocycles. The maximum Gasteiger partial charge on any atom is 0.147 e. The Hall–Kier alpha value is -1.31. The zero-order chi connectivity index (χ0) is 12.3. The fraction of sp³-hybridized carbons (Fsp3) is 0.467. The molecule has 2 aromatic rings. The van der Waals surface area contributed by atoms with E-state index in [2.05, 4.69) is 18.8 Å². The number of hydrogen-bond donors (Lipinski definition) is 1. The summed E-state index contributed by atoms with van der Waals surface area (Å²) >= 11 is 0. The molecule has 0 amide bonds. The molecule has 0 bridgehead atoms. The molecule has 2 heteroatoms. The van der Waals surface area contributed by atoms with Crippen molar-refractivity contribution in [1.82, 2.24) is 4.98 Å². The molecule has 1 N–H and O–H groups in total. The van der Waals surface area contributed by atoms with Gasteiger partial charge in [-0.05, 0) is 30.4 Å². The van der Waals surface area contributed by atoms with Gasteiger partial charge in [0.1, 0.15) is 5.82 Å². The average molecular weight is 233 g/mol. The number of rotatable bonds is 5. The molecule has 0 aliphatic heterocycles. The van der Waals surface area contributed by atoms with E-state index in [1.807, 2.05) is 12.3 Å². The number of hydrogen-bond acceptors (Lipinski definition) is 0. The lowest BCUT2D eigenvalue weighted by molar-refractivity contribution is 0.573. The summed E-state index contributed by atoms with van der Waals surface area (Å²) < 4.78 is 13.6. The maximum atomic E-state index is 13.6. The Balaban J connectivity index is 2.37. The molecule has 0 radical (unpaired) electrons. The molecule has 17 heavy (non-hydrogen) atoms. The molecule has 1 aromatic carbocycles. The molecule has 0 saturated carbocycles. The minimum Gasteiger partial charge on any atom is -0.359 e. The van der Waals surface area contributed by atoms with E-state index in [9.17, 15) is 4.39 Å². The number of H-pyrrole nitrogens is 1. The number of unbranched alkanes of at least 4 members (excludes halogenated alkanes) is 1. The summed E-state index contributed by atoms with van der Waals surface area (Å²) in [6.07, 6.45) is 6.74. The molecule has 0 aliphatic rings. The van der Waals surface area contributed by atoms with Crippen LogP contribution in [0.2, 0.25) is 0 Å². The van der Waals surface area contributed by atoms with Crippen LogP contribution in [0, 0.1) is 5.82 Å². The van der Waals surface area contributed by atoms with Gasteiger partial charge in [-0.2, -0.15) is 0 Å². The van der Waals surface area contributed by atoms with Crippen LogP contribution in [0.25, 0.3) is 10.9 Å². The monoisotopic (exact) mass is 233 g/mol. The number of benzene rings is 1. The van der Waals surface area contributed by atoms with E-state index in [0.29, 0.717) is 11.4 Å². The maximum absolute atomic E-state index is 13.6. The summed E-state index contributed by atoms with van der Waals surface area (Å²) in [6.45, 7) is 4.42. The lowest BCUT2D eigenvalue weighted by Crippen LogP contribution is -1.96. The standard InChI is InChI=1S/C15H20FN/c1-3-5-7-11(4-2)13-10-17-15-12(13)8-6-9-14(15)16/h6,8-11,17H,3-5,7H2,1-2H3. The van der Waals surface area contributed by atoms with Gasteiger partial charge in [-0.25, -0.2) is 4.39 Å². The van der Waals surface area contributed by atoms with Gasteiger partial charge in [0, 0.05) is 11.6 Å². The highest BCUT2D eigenvalue weighted by Gasteiger charge is 2.14. The quantitative estimate of drug-likeness (QED) is 0.748. The summed E-state index contributed by atoms with van der Waals surface area (Å²) in [5, 5.41) is 1.05. The van der Waals surface area contributed by atoms with Crippen LogP contribution in [0.15, 0.2) is 24.4 Å². The van der Waals surface area contributed by atoms with Gasteiger partial charge in [0.15, 0.2) is 0 Å². The average Bonchev–Trinajstić information content (AvgIpc) is 2.76. The number of para-hydroxylation sites is 1. The summed E-state index contributed by atoms with van der Waals surface area (Å²) in [5.74, 6) is 0.393. The smallest absolute Gasteiger partial charge is 0.147 e. The minimum atomic E-state index is -0.154. The molecule has 0 aliphatic carbocycles. The van der Waals surface area contributed by atoms with Crippen molar-refractivity contribution < 1.29 is 4.39 Å². The minimum absolute atomic E-state index is 0.154. The highest BCUT2D eigenvalue weighted by molar-refractivity contribution is 5.84. The van der Waals surface area contributed by atoms with Crippen LogP contribution < -0.4 is 0 Å². The zero-order valence-electron chi connectivity index (χ0n) is 10.6. The Morgan fingerprint density at radius 2 is 2.12 bits per heavy atom. The Bertz CT molecular complexity index is 487. The predicted molar refractivity (Wildman–Crippen MR) is 70.8 cm³/mol. The molecular weight excluding hydrogens is 213 g/mol. The Morgan fingerprint density at radius 1 is 1.29 bits per heavy atom.